The first-order chi connectivity index (χ1) is 14.5. The average molecular weight is 573 g/mol. The molecule has 0 saturated heterocycles. The van der Waals surface area contributed by atoms with Crippen molar-refractivity contribution in [2.75, 3.05) is 5.32 Å². The minimum Gasteiger partial charge on any atom is -0.423 e. The van der Waals surface area contributed by atoms with E-state index in [4.69, 9.17) is 4.74 Å². The van der Waals surface area contributed by atoms with Crippen LogP contribution < -0.4 is 10.1 Å². The number of amides is 1. The summed E-state index contributed by atoms with van der Waals surface area (Å²) in [5, 5.41) is 12.0. The van der Waals surface area contributed by atoms with Crippen LogP contribution in [0, 0.1) is 14.9 Å². The highest BCUT2D eigenvalue weighted by atomic mass is 127. The van der Waals surface area contributed by atoms with Crippen molar-refractivity contribution in [2.45, 2.75) is 0 Å². The van der Waals surface area contributed by atoms with Crippen LogP contribution in [0.15, 0.2) is 82.8 Å². The molecule has 3 rings (SSSR count). The van der Waals surface area contributed by atoms with Crippen molar-refractivity contribution in [1.82, 2.24) is 0 Å². The zero-order chi connectivity index (χ0) is 21.5. The molecular formula is C23H14BrIN2O3. The monoisotopic (exact) mass is 572 g/mol. The normalized spacial score (nSPS) is 10.8. The minimum atomic E-state index is -0.497. The summed E-state index contributed by atoms with van der Waals surface area (Å²) in [7, 11) is 0. The summed E-state index contributed by atoms with van der Waals surface area (Å²) in [6.45, 7) is 0. The zero-order valence-electron chi connectivity index (χ0n) is 15.4. The second-order valence-electron chi connectivity index (χ2n) is 6.07. The Kier molecular flexibility index (Phi) is 7.38. The van der Waals surface area contributed by atoms with Gasteiger partial charge in [-0.15, -0.1) is 0 Å². The van der Waals surface area contributed by atoms with E-state index < -0.39 is 11.9 Å². The minimum absolute atomic E-state index is 0.0356. The van der Waals surface area contributed by atoms with Crippen molar-refractivity contribution in [3.05, 3.63) is 97.5 Å². The SMILES string of the molecule is N#C/C(=C/c1ccc(OC(=O)c2ccccc2Br)cc1)C(=O)Nc1ccc(I)cc1. The molecule has 1 amide bonds. The number of nitrogens with zero attached hydrogens (tertiary/aromatic N) is 1. The summed E-state index contributed by atoms with van der Waals surface area (Å²) < 4.78 is 7.06. The Morgan fingerprint density at radius 1 is 1.00 bits per heavy atom. The van der Waals surface area contributed by atoms with E-state index in [1.807, 2.05) is 24.3 Å². The van der Waals surface area contributed by atoms with Crippen molar-refractivity contribution in [3.63, 3.8) is 0 Å². The van der Waals surface area contributed by atoms with Crippen LogP contribution in [-0.4, -0.2) is 11.9 Å². The number of hydrogen-bond acceptors (Lipinski definition) is 4. The maximum absolute atomic E-state index is 12.4. The molecule has 0 aromatic heterocycles. The summed E-state index contributed by atoms with van der Waals surface area (Å²) in [4.78, 5) is 24.6. The fourth-order valence-corrected chi connectivity index (χ4v) is 3.27. The molecule has 0 radical (unpaired) electrons. The Morgan fingerprint density at radius 3 is 2.30 bits per heavy atom. The van der Waals surface area contributed by atoms with E-state index in [0.717, 1.165) is 3.57 Å². The molecule has 0 saturated carbocycles. The van der Waals surface area contributed by atoms with E-state index in [-0.39, 0.29) is 5.57 Å². The van der Waals surface area contributed by atoms with Gasteiger partial charge < -0.3 is 10.1 Å². The fraction of sp³-hybridized carbons (Fsp3) is 0. The highest BCUT2D eigenvalue weighted by Gasteiger charge is 2.12. The number of carbonyl (C=O) groups excluding carboxylic acids is 2. The van der Waals surface area contributed by atoms with Gasteiger partial charge in [0.1, 0.15) is 17.4 Å². The summed E-state index contributed by atoms with van der Waals surface area (Å²) in [5.41, 5.74) is 1.62. The highest BCUT2D eigenvalue weighted by Crippen LogP contribution is 2.20. The Bertz CT molecular complexity index is 1150. The number of anilines is 1. The van der Waals surface area contributed by atoms with Crippen LogP contribution in [0.4, 0.5) is 5.69 Å². The molecule has 1 N–H and O–H groups in total. The first kappa shape index (κ1) is 21.7. The number of ether oxygens (including phenoxy) is 1. The van der Waals surface area contributed by atoms with Gasteiger partial charge >= 0.3 is 5.97 Å². The van der Waals surface area contributed by atoms with E-state index in [9.17, 15) is 14.9 Å². The smallest absolute Gasteiger partial charge is 0.344 e. The molecule has 3 aromatic carbocycles. The van der Waals surface area contributed by atoms with Gasteiger partial charge in [0.25, 0.3) is 5.91 Å². The lowest BCUT2D eigenvalue weighted by Crippen LogP contribution is -2.13. The lowest BCUT2D eigenvalue weighted by atomic mass is 10.1. The summed E-state index contributed by atoms with van der Waals surface area (Å²) in [5.74, 6) is -0.627. The number of halogens is 2. The molecule has 0 atom stereocenters. The van der Waals surface area contributed by atoms with Gasteiger partial charge in [0.05, 0.1) is 5.56 Å². The lowest BCUT2D eigenvalue weighted by Gasteiger charge is -2.07. The Hall–Kier alpha value is -2.96. The van der Waals surface area contributed by atoms with E-state index in [1.165, 1.54) is 6.08 Å². The van der Waals surface area contributed by atoms with Gasteiger partial charge in [-0.3, -0.25) is 4.79 Å². The predicted molar refractivity (Wildman–Crippen MR) is 127 cm³/mol. The highest BCUT2D eigenvalue weighted by molar-refractivity contribution is 14.1. The first-order valence-corrected chi connectivity index (χ1v) is 10.6. The molecule has 7 heteroatoms. The van der Waals surface area contributed by atoms with Gasteiger partial charge in [0.15, 0.2) is 0 Å². The van der Waals surface area contributed by atoms with Gasteiger partial charge in [-0.2, -0.15) is 5.26 Å². The number of carbonyl (C=O) groups is 2. The van der Waals surface area contributed by atoms with Gasteiger partial charge in [-0.1, -0.05) is 24.3 Å². The van der Waals surface area contributed by atoms with Crippen LogP contribution >= 0.6 is 38.5 Å². The van der Waals surface area contributed by atoms with Gasteiger partial charge in [0.2, 0.25) is 0 Å². The van der Waals surface area contributed by atoms with Crippen LogP contribution in [0.1, 0.15) is 15.9 Å². The van der Waals surface area contributed by atoms with E-state index >= 15 is 0 Å². The number of nitriles is 1. The average Bonchev–Trinajstić information content (AvgIpc) is 2.75. The van der Waals surface area contributed by atoms with Crippen LogP contribution in [-0.2, 0) is 4.79 Å². The predicted octanol–water partition coefficient (Wildman–Crippen LogP) is 5.82. The molecule has 30 heavy (non-hydrogen) atoms. The van der Waals surface area contributed by atoms with Crippen molar-refractivity contribution < 1.29 is 14.3 Å². The number of benzene rings is 3. The van der Waals surface area contributed by atoms with Crippen molar-refractivity contribution in [1.29, 1.82) is 5.26 Å². The van der Waals surface area contributed by atoms with Crippen LogP contribution in [0.25, 0.3) is 6.08 Å². The molecule has 0 spiro atoms. The Balaban J connectivity index is 1.69. The van der Waals surface area contributed by atoms with Crippen molar-refractivity contribution >= 4 is 62.2 Å². The standard InChI is InChI=1S/C23H14BrIN2O3/c24-21-4-2-1-3-20(21)23(29)30-19-11-5-15(6-12-19)13-16(14-26)22(28)27-18-9-7-17(25)8-10-18/h1-13H,(H,27,28)/b16-13-. The maximum atomic E-state index is 12.4. The molecule has 0 unspecified atom stereocenters. The van der Waals surface area contributed by atoms with E-state index in [0.29, 0.717) is 27.0 Å². The Morgan fingerprint density at radius 2 is 1.67 bits per heavy atom. The summed E-state index contributed by atoms with van der Waals surface area (Å²) >= 11 is 5.49. The van der Waals surface area contributed by atoms with E-state index in [2.05, 4.69) is 43.8 Å². The molecule has 0 fully saturated rings. The topological polar surface area (TPSA) is 79.2 Å². The molecule has 0 aliphatic carbocycles. The second kappa shape index (κ2) is 10.2. The third kappa shape index (κ3) is 5.78. The largest absolute Gasteiger partial charge is 0.423 e. The Labute approximate surface area is 195 Å². The van der Waals surface area contributed by atoms with Crippen molar-refractivity contribution in [3.8, 4) is 11.8 Å². The van der Waals surface area contributed by atoms with Gasteiger partial charge in [-0.25, -0.2) is 4.79 Å². The molecule has 0 aliphatic rings. The molecular weight excluding hydrogens is 559 g/mol. The van der Waals surface area contributed by atoms with Gasteiger partial charge in [-0.05, 0) is 98.7 Å². The maximum Gasteiger partial charge on any atom is 0.344 e. The van der Waals surface area contributed by atoms with Crippen LogP contribution in [0.2, 0.25) is 0 Å². The number of rotatable bonds is 5. The molecule has 0 aliphatic heterocycles. The van der Waals surface area contributed by atoms with Crippen LogP contribution in [0.5, 0.6) is 5.75 Å². The first-order valence-electron chi connectivity index (χ1n) is 8.72. The van der Waals surface area contributed by atoms with Gasteiger partial charge in [0, 0.05) is 13.7 Å². The zero-order valence-corrected chi connectivity index (χ0v) is 19.2. The summed E-state index contributed by atoms with van der Waals surface area (Å²) in [6.07, 6.45) is 1.47. The molecule has 0 heterocycles. The quantitative estimate of drug-likeness (QED) is 0.137. The number of hydrogen-bond donors (Lipinski definition) is 1. The molecule has 148 valence electrons. The molecule has 3 aromatic rings. The third-order valence-corrected chi connectivity index (χ3v) is 5.37. The molecule has 5 nitrogen and oxygen atoms in total. The second-order valence-corrected chi connectivity index (χ2v) is 8.17. The number of nitrogens with one attached hydrogen (secondary N) is 1. The summed E-state index contributed by atoms with van der Waals surface area (Å²) in [6, 6.07) is 22.7. The van der Waals surface area contributed by atoms with Crippen LogP contribution in [0.3, 0.4) is 0 Å². The van der Waals surface area contributed by atoms with Crippen molar-refractivity contribution in [2.24, 2.45) is 0 Å². The molecule has 0 bridgehead atoms. The third-order valence-electron chi connectivity index (χ3n) is 3.96. The van der Waals surface area contributed by atoms with E-state index in [1.54, 1.807) is 54.6 Å². The fourth-order valence-electron chi connectivity index (χ4n) is 2.47. The number of esters is 1. The lowest BCUT2D eigenvalue weighted by molar-refractivity contribution is -0.112.